The predicted molar refractivity (Wildman–Crippen MR) is 130 cm³/mol. The van der Waals surface area contributed by atoms with Gasteiger partial charge in [-0.15, -0.1) is 0 Å². The quantitative estimate of drug-likeness (QED) is 0.237. The first-order valence-electron chi connectivity index (χ1n) is 11.6. The number of carbonyl (C=O) groups is 2. The Labute approximate surface area is 200 Å². The highest BCUT2D eigenvalue weighted by molar-refractivity contribution is 6.46. The maximum absolute atomic E-state index is 13.2. The third-order valence-corrected chi connectivity index (χ3v) is 5.58. The number of amides is 1. The van der Waals surface area contributed by atoms with Crippen molar-refractivity contribution in [1.82, 2.24) is 4.90 Å². The largest absolute Gasteiger partial charge is 0.507 e. The van der Waals surface area contributed by atoms with E-state index in [0.29, 0.717) is 48.8 Å². The van der Waals surface area contributed by atoms with E-state index in [4.69, 9.17) is 14.2 Å². The molecule has 7 heteroatoms. The maximum atomic E-state index is 13.2. The van der Waals surface area contributed by atoms with Crippen molar-refractivity contribution in [2.24, 2.45) is 0 Å². The topological polar surface area (TPSA) is 85.3 Å². The molecule has 3 rings (SSSR count). The Balaban J connectivity index is 2.11. The smallest absolute Gasteiger partial charge is 0.295 e. The van der Waals surface area contributed by atoms with Crippen molar-refractivity contribution in [2.75, 3.05) is 26.9 Å². The highest BCUT2D eigenvalue weighted by Crippen LogP contribution is 2.40. The molecule has 1 aliphatic rings. The molecule has 0 aromatic heterocycles. The number of aryl methyl sites for hydroxylation is 1. The van der Waals surface area contributed by atoms with Crippen LogP contribution in [-0.2, 0) is 14.3 Å². The van der Waals surface area contributed by atoms with Gasteiger partial charge in [-0.25, -0.2) is 0 Å². The minimum absolute atomic E-state index is 0.00758. The number of ketones is 1. The zero-order valence-electron chi connectivity index (χ0n) is 20.5. The molecule has 1 aliphatic heterocycles. The summed E-state index contributed by atoms with van der Waals surface area (Å²) in [6, 6.07) is 11.8. The molecule has 0 saturated carbocycles. The molecule has 1 heterocycles. The lowest BCUT2D eigenvalue weighted by Gasteiger charge is -2.25. The van der Waals surface area contributed by atoms with Crippen LogP contribution in [0.3, 0.4) is 0 Å². The van der Waals surface area contributed by atoms with Gasteiger partial charge in [-0.3, -0.25) is 9.59 Å². The van der Waals surface area contributed by atoms with Gasteiger partial charge in [-0.2, -0.15) is 0 Å². The van der Waals surface area contributed by atoms with Crippen LogP contribution in [0.25, 0.3) is 5.76 Å². The molecule has 182 valence electrons. The summed E-state index contributed by atoms with van der Waals surface area (Å²) in [5, 5.41) is 11.3. The molecule has 0 spiro atoms. The number of likely N-dealkylation sites (tertiary alicyclic amines) is 1. The third-order valence-electron chi connectivity index (χ3n) is 5.58. The van der Waals surface area contributed by atoms with Gasteiger partial charge in [0.05, 0.1) is 24.3 Å². The summed E-state index contributed by atoms with van der Waals surface area (Å²) in [6.07, 6.45) is 0.569. The maximum Gasteiger partial charge on any atom is 0.295 e. The Kier molecular flexibility index (Phi) is 8.34. The first kappa shape index (κ1) is 25.3. The van der Waals surface area contributed by atoms with E-state index in [1.807, 2.05) is 52.0 Å². The van der Waals surface area contributed by atoms with Crippen LogP contribution in [-0.4, -0.2) is 54.7 Å². The number of Topliss-reactive ketones (excluding diaryl/α,β-unsaturated/α-hetero) is 1. The van der Waals surface area contributed by atoms with Crippen LogP contribution in [0.15, 0.2) is 48.0 Å². The van der Waals surface area contributed by atoms with Gasteiger partial charge in [0.25, 0.3) is 11.7 Å². The van der Waals surface area contributed by atoms with Crippen molar-refractivity contribution in [3.05, 3.63) is 64.7 Å². The standard InChI is InChI=1S/C27H33NO6/c1-6-33-21-10-7-9-19(16-21)24-23(26(30)27(31)28(24)13-8-14-32-5)25(29)20-11-12-22(18(4)15-20)34-17(2)3/h7,9-12,15-17,24,29H,6,8,13-14H2,1-5H3/b25-23+. The van der Waals surface area contributed by atoms with E-state index in [-0.39, 0.29) is 17.4 Å². The molecule has 1 saturated heterocycles. The average Bonchev–Trinajstić information content (AvgIpc) is 3.05. The van der Waals surface area contributed by atoms with Crippen LogP contribution >= 0.6 is 0 Å². The fourth-order valence-electron chi connectivity index (χ4n) is 4.12. The highest BCUT2D eigenvalue weighted by Gasteiger charge is 2.45. The number of benzene rings is 2. The van der Waals surface area contributed by atoms with Gasteiger partial charge in [-0.1, -0.05) is 12.1 Å². The Bertz CT molecular complexity index is 1070. The van der Waals surface area contributed by atoms with Crippen LogP contribution < -0.4 is 9.47 Å². The Hall–Kier alpha value is -3.32. The normalized spacial score (nSPS) is 17.5. The number of hydrogen-bond acceptors (Lipinski definition) is 6. The monoisotopic (exact) mass is 467 g/mol. The van der Waals surface area contributed by atoms with E-state index in [1.54, 1.807) is 25.3 Å². The summed E-state index contributed by atoms with van der Waals surface area (Å²) < 4.78 is 16.6. The summed E-state index contributed by atoms with van der Waals surface area (Å²) in [4.78, 5) is 27.7. The lowest BCUT2D eigenvalue weighted by atomic mass is 9.94. The SMILES string of the molecule is CCOc1cccc(C2/C(=C(\O)c3ccc(OC(C)C)c(C)c3)C(=O)C(=O)N2CCCOC)c1. The van der Waals surface area contributed by atoms with Gasteiger partial charge in [-0.05, 0) is 75.6 Å². The number of methoxy groups -OCH3 is 1. The van der Waals surface area contributed by atoms with Crippen molar-refractivity contribution in [3.63, 3.8) is 0 Å². The molecule has 1 N–H and O–H groups in total. The number of nitrogens with zero attached hydrogens (tertiary/aromatic N) is 1. The van der Waals surface area contributed by atoms with Gasteiger partial charge in [0.2, 0.25) is 0 Å². The van der Waals surface area contributed by atoms with Gasteiger partial charge < -0.3 is 24.2 Å². The molecule has 2 aromatic carbocycles. The van der Waals surface area contributed by atoms with Crippen LogP contribution in [0.2, 0.25) is 0 Å². The summed E-state index contributed by atoms with van der Waals surface area (Å²) in [7, 11) is 1.59. The van der Waals surface area contributed by atoms with E-state index in [2.05, 4.69) is 0 Å². The van der Waals surface area contributed by atoms with E-state index in [0.717, 1.165) is 5.56 Å². The number of carbonyl (C=O) groups excluding carboxylic acids is 2. The van der Waals surface area contributed by atoms with Crippen molar-refractivity contribution >= 4 is 17.4 Å². The Morgan fingerprint density at radius 2 is 1.91 bits per heavy atom. The minimum Gasteiger partial charge on any atom is -0.507 e. The van der Waals surface area contributed by atoms with E-state index < -0.39 is 17.7 Å². The van der Waals surface area contributed by atoms with Crippen molar-refractivity contribution in [2.45, 2.75) is 46.3 Å². The van der Waals surface area contributed by atoms with Gasteiger partial charge in [0.1, 0.15) is 17.3 Å². The summed E-state index contributed by atoms with van der Waals surface area (Å²) in [5.41, 5.74) is 2.03. The molecule has 34 heavy (non-hydrogen) atoms. The van der Waals surface area contributed by atoms with E-state index >= 15 is 0 Å². The van der Waals surface area contributed by atoms with Crippen molar-refractivity contribution in [1.29, 1.82) is 0 Å². The predicted octanol–water partition coefficient (Wildman–Crippen LogP) is 4.64. The molecule has 2 aromatic rings. The van der Waals surface area contributed by atoms with Gasteiger partial charge in [0, 0.05) is 25.8 Å². The van der Waals surface area contributed by atoms with Crippen LogP contribution in [0.1, 0.15) is 49.9 Å². The lowest BCUT2D eigenvalue weighted by Crippen LogP contribution is -2.31. The summed E-state index contributed by atoms with van der Waals surface area (Å²) in [6.45, 7) is 8.90. The van der Waals surface area contributed by atoms with Gasteiger partial charge in [0.15, 0.2) is 0 Å². The number of hydrogen-bond donors (Lipinski definition) is 1. The van der Waals surface area contributed by atoms with Crippen LogP contribution in [0.4, 0.5) is 0 Å². The molecule has 1 unspecified atom stereocenters. The molecule has 1 fully saturated rings. The fourth-order valence-corrected chi connectivity index (χ4v) is 4.12. The van der Waals surface area contributed by atoms with Crippen molar-refractivity contribution < 1.29 is 28.9 Å². The molecule has 0 radical (unpaired) electrons. The second kappa shape index (κ2) is 11.2. The van der Waals surface area contributed by atoms with Gasteiger partial charge >= 0.3 is 0 Å². The lowest BCUT2D eigenvalue weighted by molar-refractivity contribution is -0.140. The zero-order valence-corrected chi connectivity index (χ0v) is 20.5. The first-order chi connectivity index (χ1) is 16.3. The molecule has 1 atom stereocenters. The molecule has 0 bridgehead atoms. The molecular formula is C27H33NO6. The number of aliphatic hydroxyl groups is 1. The molecular weight excluding hydrogens is 434 g/mol. The number of aliphatic hydroxyl groups excluding tert-OH is 1. The minimum atomic E-state index is -0.732. The van der Waals surface area contributed by atoms with Crippen LogP contribution in [0.5, 0.6) is 11.5 Å². The zero-order chi connectivity index (χ0) is 24.8. The Morgan fingerprint density at radius 1 is 1.15 bits per heavy atom. The van der Waals surface area contributed by atoms with E-state index in [1.165, 1.54) is 4.90 Å². The fraction of sp³-hybridized carbons (Fsp3) is 0.407. The molecule has 7 nitrogen and oxygen atoms in total. The number of rotatable bonds is 10. The summed E-state index contributed by atoms with van der Waals surface area (Å²) >= 11 is 0. The van der Waals surface area contributed by atoms with Crippen LogP contribution in [0, 0.1) is 6.92 Å². The second-order valence-electron chi connectivity index (χ2n) is 8.49. The first-order valence-corrected chi connectivity index (χ1v) is 11.6. The second-order valence-corrected chi connectivity index (χ2v) is 8.49. The third kappa shape index (κ3) is 5.42. The highest BCUT2D eigenvalue weighted by atomic mass is 16.5. The average molecular weight is 468 g/mol. The molecule has 1 amide bonds. The Morgan fingerprint density at radius 3 is 2.56 bits per heavy atom. The van der Waals surface area contributed by atoms with E-state index in [9.17, 15) is 14.7 Å². The summed E-state index contributed by atoms with van der Waals surface area (Å²) in [5.74, 6) is -0.220. The number of ether oxygens (including phenoxy) is 3. The molecule has 0 aliphatic carbocycles. The van der Waals surface area contributed by atoms with Crippen molar-refractivity contribution in [3.8, 4) is 11.5 Å².